The molecule has 0 saturated heterocycles. The quantitative estimate of drug-likeness (QED) is 0.452. The molecule has 0 aromatic heterocycles. The van der Waals surface area contributed by atoms with Gasteiger partial charge >= 0.3 is 5.97 Å². The maximum Gasteiger partial charge on any atom is 0.345 e. The molecule has 0 fully saturated rings. The summed E-state index contributed by atoms with van der Waals surface area (Å²) in [7, 11) is 1.08. The van der Waals surface area contributed by atoms with Gasteiger partial charge in [0, 0.05) is 17.2 Å². The van der Waals surface area contributed by atoms with Gasteiger partial charge in [-0.25, -0.2) is 9.18 Å². The second-order valence-corrected chi connectivity index (χ2v) is 5.07. The predicted octanol–water partition coefficient (Wildman–Crippen LogP) is 4.62. The third-order valence-electron chi connectivity index (χ3n) is 2.75. The van der Waals surface area contributed by atoms with Crippen LogP contribution in [0.4, 0.5) is 10.1 Å². The fourth-order valence-electron chi connectivity index (χ4n) is 1.76. The summed E-state index contributed by atoms with van der Waals surface area (Å²) in [6.07, 6.45) is 0. The molecule has 0 amide bonds. The van der Waals surface area contributed by atoms with Gasteiger partial charge < -0.3 is 9.47 Å². The molecule has 0 unspecified atom stereocenters. The molecular weight excluding hydrogens is 352 g/mol. The smallest absolute Gasteiger partial charge is 0.345 e. The van der Waals surface area contributed by atoms with Crippen LogP contribution in [-0.4, -0.2) is 18.0 Å². The number of methoxy groups -OCH3 is 1. The summed E-state index contributed by atoms with van der Waals surface area (Å²) < 4.78 is 23.6. The fraction of sp³-hybridized carbons (Fsp3) is 0.0714. The van der Waals surface area contributed by atoms with E-state index in [2.05, 4.69) is 4.74 Å². The average Bonchev–Trinajstić information content (AvgIpc) is 2.49. The van der Waals surface area contributed by atoms with Gasteiger partial charge in [-0.3, -0.25) is 10.1 Å². The standard InChI is InChI=1S/C14H8Cl2FNO5/c1-22-14(19)9-6-8(2-3-12(9)18(20)21)23-13-10(16)4-7(15)5-11(13)17/h2-6H,1H3. The van der Waals surface area contributed by atoms with Gasteiger partial charge in [0.1, 0.15) is 11.3 Å². The van der Waals surface area contributed by atoms with Crippen molar-refractivity contribution in [2.75, 3.05) is 7.11 Å². The number of hydrogen-bond donors (Lipinski definition) is 0. The SMILES string of the molecule is COC(=O)c1cc(Oc2c(F)cc(Cl)cc2Cl)ccc1[N+](=O)[O-]. The number of ether oxygens (including phenoxy) is 2. The van der Waals surface area contributed by atoms with E-state index >= 15 is 0 Å². The number of nitro benzene ring substituents is 1. The number of nitro groups is 1. The number of benzene rings is 2. The highest BCUT2D eigenvalue weighted by molar-refractivity contribution is 6.35. The third-order valence-corrected chi connectivity index (χ3v) is 3.25. The van der Waals surface area contributed by atoms with E-state index in [4.69, 9.17) is 27.9 Å². The molecule has 0 aliphatic rings. The predicted molar refractivity (Wildman–Crippen MR) is 80.9 cm³/mol. The Hall–Kier alpha value is -2.38. The van der Waals surface area contributed by atoms with Crippen molar-refractivity contribution >= 4 is 34.9 Å². The van der Waals surface area contributed by atoms with Gasteiger partial charge in [0.15, 0.2) is 11.6 Å². The lowest BCUT2D eigenvalue weighted by atomic mass is 10.1. The van der Waals surface area contributed by atoms with Crippen LogP contribution in [-0.2, 0) is 4.74 Å². The first-order chi connectivity index (χ1) is 10.8. The molecule has 0 saturated carbocycles. The molecule has 6 nitrogen and oxygen atoms in total. The van der Waals surface area contributed by atoms with Crippen molar-refractivity contribution in [3.8, 4) is 11.5 Å². The van der Waals surface area contributed by atoms with Gasteiger partial charge in [-0.1, -0.05) is 23.2 Å². The Bertz CT molecular complexity index is 774. The number of hydrogen-bond acceptors (Lipinski definition) is 5. The first-order valence-corrected chi connectivity index (χ1v) is 6.78. The van der Waals surface area contributed by atoms with Crippen molar-refractivity contribution < 1.29 is 23.6 Å². The van der Waals surface area contributed by atoms with Crippen molar-refractivity contribution in [2.45, 2.75) is 0 Å². The lowest BCUT2D eigenvalue weighted by Gasteiger charge is -2.10. The Balaban J connectivity index is 2.46. The second-order valence-electron chi connectivity index (χ2n) is 4.23. The molecule has 0 aliphatic heterocycles. The van der Waals surface area contributed by atoms with Crippen LogP contribution in [0, 0.1) is 15.9 Å². The highest BCUT2D eigenvalue weighted by atomic mass is 35.5. The molecule has 2 aromatic rings. The number of carbonyl (C=O) groups is 1. The van der Waals surface area contributed by atoms with E-state index in [1.54, 1.807) is 0 Å². The largest absolute Gasteiger partial charge is 0.465 e. The van der Waals surface area contributed by atoms with Crippen molar-refractivity contribution in [3.05, 3.63) is 61.9 Å². The fourth-order valence-corrected chi connectivity index (χ4v) is 2.26. The average molecular weight is 360 g/mol. The Morgan fingerprint density at radius 2 is 1.96 bits per heavy atom. The summed E-state index contributed by atoms with van der Waals surface area (Å²) >= 11 is 11.5. The van der Waals surface area contributed by atoms with Crippen LogP contribution in [0.3, 0.4) is 0 Å². The van der Waals surface area contributed by atoms with Crippen molar-refractivity contribution in [3.63, 3.8) is 0 Å². The van der Waals surface area contributed by atoms with E-state index in [1.165, 1.54) is 12.1 Å². The molecule has 120 valence electrons. The minimum atomic E-state index is -0.926. The van der Waals surface area contributed by atoms with Crippen LogP contribution in [0.25, 0.3) is 0 Å². The molecule has 0 atom stereocenters. The van der Waals surface area contributed by atoms with Gasteiger partial charge in [-0.15, -0.1) is 0 Å². The normalized spacial score (nSPS) is 10.3. The van der Waals surface area contributed by atoms with Gasteiger partial charge in [0.05, 0.1) is 17.1 Å². The lowest BCUT2D eigenvalue weighted by molar-refractivity contribution is -0.385. The molecule has 0 heterocycles. The Morgan fingerprint density at radius 1 is 1.26 bits per heavy atom. The summed E-state index contributed by atoms with van der Waals surface area (Å²) in [5, 5.41) is 10.9. The molecule has 2 rings (SSSR count). The molecule has 0 N–H and O–H groups in total. The molecule has 0 spiro atoms. The van der Waals surface area contributed by atoms with E-state index in [9.17, 15) is 19.3 Å². The van der Waals surface area contributed by atoms with Crippen LogP contribution in [0.5, 0.6) is 11.5 Å². The molecule has 9 heteroatoms. The first-order valence-electron chi connectivity index (χ1n) is 6.02. The van der Waals surface area contributed by atoms with Crippen LogP contribution < -0.4 is 4.74 Å². The zero-order chi connectivity index (χ0) is 17.1. The second kappa shape index (κ2) is 6.80. The lowest BCUT2D eigenvalue weighted by Crippen LogP contribution is -2.06. The van der Waals surface area contributed by atoms with Gasteiger partial charge in [0.2, 0.25) is 0 Å². The van der Waals surface area contributed by atoms with Crippen LogP contribution in [0.1, 0.15) is 10.4 Å². The van der Waals surface area contributed by atoms with E-state index in [0.29, 0.717) is 0 Å². The third kappa shape index (κ3) is 3.69. The topological polar surface area (TPSA) is 78.7 Å². The van der Waals surface area contributed by atoms with Gasteiger partial charge in [-0.2, -0.15) is 0 Å². The van der Waals surface area contributed by atoms with Crippen molar-refractivity contribution in [2.24, 2.45) is 0 Å². The Morgan fingerprint density at radius 3 is 2.52 bits per heavy atom. The highest BCUT2D eigenvalue weighted by Crippen LogP contribution is 2.36. The Kier molecular flexibility index (Phi) is 5.02. The van der Waals surface area contributed by atoms with E-state index in [-0.39, 0.29) is 27.1 Å². The zero-order valence-electron chi connectivity index (χ0n) is 11.5. The minimum absolute atomic E-state index is 0.0286. The maximum absolute atomic E-state index is 13.8. The number of nitrogens with zero attached hydrogens (tertiary/aromatic N) is 1. The van der Waals surface area contributed by atoms with E-state index in [0.717, 1.165) is 25.3 Å². The monoisotopic (exact) mass is 359 g/mol. The van der Waals surface area contributed by atoms with Gasteiger partial charge in [-0.05, 0) is 18.2 Å². The van der Waals surface area contributed by atoms with E-state index < -0.39 is 22.4 Å². The summed E-state index contributed by atoms with van der Waals surface area (Å²) in [5.74, 6) is -2.09. The van der Waals surface area contributed by atoms with Crippen molar-refractivity contribution in [1.29, 1.82) is 0 Å². The van der Waals surface area contributed by atoms with Crippen LogP contribution >= 0.6 is 23.2 Å². The van der Waals surface area contributed by atoms with Crippen molar-refractivity contribution in [1.82, 2.24) is 0 Å². The highest BCUT2D eigenvalue weighted by Gasteiger charge is 2.22. The molecule has 0 bridgehead atoms. The summed E-state index contributed by atoms with van der Waals surface area (Å²) in [4.78, 5) is 21.8. The minimum Gasteiger partial charge on any atom is -0.465 e. The first kappa shape index (κ1) is 17.0. The van der Waals surface area contributed by atoms with Crippen LogP contribution in [0.2, 0.25) is 10.0 Å². The number of rotatable bonds is 4. The molecule has 0 radical (unpaired) electrons. The molecule has 0 aliphatic carbocycles. The Labute approximate surface area is 139 Å². The number of esters is 1. The van der Waals surface area contributed by atoms with Crippen LogP contribution in [0.15, 0.2) is 30.3 Å². The molecule has 23 heavy (non-hydrogen) atoms. The maximum atomic E-state index is 13.8. The van der Waals surface area contributed by atoms with E-state index in [1.807, 2.05) is 0 Å². The summed E-state index contributed by atoms with van der Waals surface area (Å²) in [6.45, 7) is 0. The number of carbonyl (C=O) groups excluding carboxylic acids is 1. The summed E-state index contributed by atoms with van der Waals surface area (Å²) in [5.41, 5.74) is -0.799. The zero-order valence-corrected chi connectivity index (χ0v) is 13.0. The number of halogens is 3. The summed E-state index contributed by atoms with van der Waals surface area (Å²) in [6, 6.07) is 5.58. The molecule has 2 aromatic carbocycles. The van der Waals surface area contributed by atoms with Gasteiger partial charge in [0.25, 0.3) is 5.69 Å². The molecular formula is C14H8Cl2FNO5.